The number of piperazine rings is 1. The van der Waals surface area contributed by atoms with Crippen molar-refractivity contribution < 1.29 is 23.8 Å². The molecule has 0 unspecified atom stereocenters. The van der Waals surface area contributed by atoms with E-state index in [1.165, 1.54) is 4.90 Å². The lowest BCUT2D eigenvalue weighted by atomic mass is 9.96. The summed E-state index contributed by atoms with van der Waals surface area (Å²) in [6.45, 7) is 9.98. The smallest absolute Gasteiger partial charge is 0.410 e. The van der Waals surface area contributed by atoms with Gasteiger partial charge in [0.1, 0.15) is 16.9 Å². The minimum absolute atomic E-state index is 0.115. The lowest BCUT2D eigenvalue weighted by molar-refractivity contribution is -0.312. The van der Waals surface area contributed by atoms with Crippen LogP contribution in [0.2, 0.25) is 0 Å². The van der Waals surface area contributed by atoms with Crippen molar-refractivity contribution in [3.05, 3.63) is 30.3 Å². The van der Waals surface area contributed by atoms with E-state index < -0.39 is 29.2 Å². The molecule has 1 atom stereocenters. The molecule has 1 saturated heterocycles. The maximum absolute atomic E-state index is 12.4. The third-order valence-corrected chi connectivity index (χ3v) is 4.99. The molecule has 152 valence electrons. The van der Waals surface area contributed by atoms with Crippen molar-refractivity contribution in [3.63, 3.8) is 0 Å². The van der Waals surface area contributed by atoms with Gasteiger partial charge in [-0.25, -0.2) is 4.79 Å². The second-order valence-corrected chi connectivity index (χ2v) is 8.54. The molecule has 2 aromatic heterocycles. The average molecular weight is 388 g/mol. The van der Waals surface area contributed by atoms with Crippen molar-refractivity contribution in [1.29, 1.82) is 0 Å². The summed E-state index contributed by atoms with van der Waals surface area (Å²) < 4.78 is 11.3. The number of aliphatic carboxylic acids is 1. The predicted molar refractivity (Wildman–Crippen MR) is 100 cm³/mol. The second kappa shape index (κ2) is 7.09. The average Bonchev–Trinajstić information content (AvgIpc) is 3.04. The Morgan fingerprint density at radius 2 is 1.96 bits per heavy atom. The lowest BCUT2D eigenvalue weighted by Gasteiger charge is -2.47. The van der Waals surface area contributed by atoms with E-state index in [9.17, 15) is 14.7 Å². The molecule has 1 amide bonds. The first kappa shape index (κ1) is 20.1. The molecule has 0 aromatic carbocycles. The monoisotopic (exact) mass is 388 g/mol. The summed E-state index contributed by atoms with van der Waals surface area (Å²) in [4.78, 5) is 31.5. The molecule has 0 bridgehead atoms. The van der Waals surface area contributed by atoms with Crippen LogP contribution in [0.4, 0.5) is 4.79 Å². The van der Waals surface area contributed by atoms with Gasteiger partial charge in [-0.05, 0) is 46.8 Å². The van der Waals surface area contributed by atoms with Crippen LogP contribution in [0.25, 0.3) is 11.0 Å². The van der Waals surface area contributed by atoms with Gasteiger partial charge in [0.05, 0.1) is 17.6 Å². The van der Waals surface area contributed by atoms with Gasteiger partial charge in [-0.15, -0.1) is 0 Å². The quantitative estimate of drug-likeness (QED) is 0.789. The number of amides is 1. The van der Waals surface area contributed by atoms with Gasteiger partial charge >= 0.3 is 6.09 Å². The number of rotatable bonds is 3. The standard InChI is InChI=1S/C20H27N3O5/c1-19(2,3)28-18(26)23-9-8-22(12-14(23)17(24)25)20(4,5)16-10-13-11-21-7-6-15(13)27-16/h6-7,10-11,14H,8-9,12H2,1-5H3,(H,24,25)/p-1/t14-/m0/s1. The van der Waals surface area contributed by atoms with Crippen LogP contribution in [-0.4, -0.2) is 58.1 Å². The summed E-state index contributed by atoms with van der Waals surface area (Å²) in [5.74, 6) is -0.599. The molecule has 1 aliphatic heterocycles. The molecular formula is C20H26N3O5-. The van der Waals surface area contributed by atoms with Gasteiger partial charge in [0.2, 0.25) is 0 Å². The van der Waals surface area contributed by atoms with Gasteiger partial charge in [-0.3, -0.25) is 14.8 Å². The van der Waals surface area contributed by atoms with E-state index in [2.05, 4.69) is 4.98 Å². The molecular weight excluding hydrogens is 362 g/mol. The number of hydrogen-bond acceptors (Lipinski definition) is 7. The van der Waals surface area contributed by atoms with Crippen molar-refractivity contribution in [2.45, 2.75) is 51.8 Å². The van der Waals surface area contributed by atoms with E-state index in [0.717, 1.165) is 11.0 Å². The number of hydrogen-bond donors (Lipinski definition) is 0. The molecule has 0 radical (unpaired) electrons. The number of carboxylic acid groups (broad SMARTS) is 1. The number of pyridine rings is 1. The number of furan rings is 1. The van der Waals surface area contributed by atoms with E-state index in [-0.39, 0.29) is 13.1 Å². The Balaban J connectivity index is 1.82. The maximum Gasteiger partial charge on any atom is 0.410 e. The van der Waals surface area contributed by atoms with E-state index in [0.29, 0.717) is 12.3 Å². The Hall–Kier alpha value is -2.61. The van der Waals surface area contributed by atoms with Crippen LogP contribution in [0.15, 0.2) is 28.9 Å². The molecule has 0 saturated carbocycles. The Labute approximate surface area is 164 Å². The van der Waals surface area contributed by atoms with Crippen molar-refractivity contribution in [2.75, 3.05) is 19.6 Å². The third kappa shape index (κ3) is 3.96. The highest BCUT2D eigenvalue weighted by Gasteiger charge is 2.41. The Morgan fingerprint density at radius 1 is 1.25 bits per heavy atom. The fourth-order valence-electron chi connectivity index (χ4n) is 3.37. The third-order valence-electron chi connectivity index (χ3n) is 4.99. The fraction of sp³-hybridized carbons (Fsp3) is 0.550. The molecule has 1 aliphatic rings. The first-order chi connectivity index (χ1) is 13.0. The van der Waals surface area contributed by atoms with Gasteiger partial charge < -0.3 is 19.1 Å². The van der Waals surface area contributed by atoms with Crippen LogP contribution in [0.1, 0.15) is 40.4 Å². The Kier molecular flexibility index (Phi) is 5.10. The van der Waals surface area contributed by atoms with E-state index in [1.807, 2.05) is 24.8 Å². The number of fused-ring (bicyclic) bond motifs is 1. The molecule has 1 fully saturated rings. The fourth-order valence-corrected chi connectivity index (χ4v) is 3.37. The van der Waals surface area contributed by atoms with Gasteiger partial charge in [0, 0.05) is 37.4 Å². The molecule has 2 aromatic rings. The molecule has 8 heteroatoms. The minimum Gasteiger partial charge on any atom is -0.548 e. The zero-order valence-corrected chi connectivity index (χ0v) is 16.9. The minimum atomic E-state index is -1.31. The van der Waals surface area contributed by atoms with Crippen LogP contribution in [0.5, 0.6) is 0 Å². The van der Waals surface area contributed by atoms with Crippen molar-refractivity contribution in [3.8, 4) is 0 Å². The second-order valence-electron chi connectivity index (χ2n) is 8.54. The van der Waals surface area contributed by atoms with Gasteiger partial charge in [0.25, 0.3) is 0 Å². The first-order valence-electron chi connectivity index (χ1n) is 9.28. The number of carbonyl (C=O) groups is 2. The highest BCUT2D eigenvalue weighted by Crippen LogP contribution is 2.34. The Morgan fingerprint density at radius 3 is 2.57 bits per heavy atom. The molecule has 8 nitrogen and oxygen atoms in total. The largest absolute Gasteiger partial charge is 0.548 e. The number of nitrogens with zero attached hydrogens (tertiary/aromatic N) is 3. The topological polar surface area (TPSA) is 98.9 Å². The molecule has 0 aliphatic carbocycles. The highest BCUT2D eigenvalue weighted by molar-refractivity contribution is 5.79. The number of carboxylic acids is 1. The van der Waals surface area contributed by atoms with Crippen LogP contribution < -0.4 is 5.11 Å². The van der Waals surface area contributed by atoms with E-state index >= 15 is 0 Å². The van der Waals surface area contributed by atoms with E-state index in [4.69, 9.17) is 9.15 Å². The van der Waals surface area contributed by atoms with Gasteiger partial charge in [-0.1, -0.05) is 0 Å². The lowest BCUT2D eigenvalue weighted by Crippen LogP contribution is -2.64. The van der Waals surface area contributed by atoms with Crippen LogP contribution in [-0.2, 0) is 15.1 Å². The molecule has 0 spiro atoms. The summed E-state index contributed by atoms with van der Waals surface area (Å²) in [5.41, 5.74) is -0.555. The number of carbonyl (C=O) groups excluding carboxylic acids is 2. The zero-order chi connectivity index (χ0) is 20.7. The van der Waals surface area contributed by atoms with Gasteiger partial charge in [-0.2, -0.15) is 0 Å². The van der Waals surface area contributed by atoms with Gasteiger partial charge in [0.15, 0.2) is 0 Å². The summed E-state index contributed by atoms with van der Waals surface area (Å²) in [6, 6.07) is 2.60. The normalized spacial score (nSPS) is 19.0. The van der Waals surface area contributed by atoms with Crippen molar-refractivity contribution in [1.82, 2.24) is 14.8 Å². The molecule has 28 heavy (non-hydrogen) atoms. The maximum atomic E-state index is 12.4. The molecule has 3 rings (SSSR count). The zero-order valence-electron chi connectivity index (χ0n) is 16.9. The summed E-state index contributed by atoms with van der Waals surface area (Å²) >= 11 is 0. The number of aromatic nitrogens is 1. The predicted octanol–water partition coefficient (Wildman–Crippen LogP) is 1.73. The van der Waals surface area contributed by atoms with Crippen LogP contribution >= 0.6 is 0 Å². The van der Waals surface area contributed by atoms with Crippen LogP contribution in [0.3, 0.4) is 0 Å². The van der Waals surface area contributed by atoms with Crippen LogP contribution in [0, 0.1) is 0 Å². The summed E-state index contributed by atoms with van der Waals surface area (Å²) in [7, 11) is 0. The summed E-state index contributed by atoms with van der Waals surface area (Å²) in [5, 5.41) is 12.6. The highest BCUT2D eigenvalue weighted by atomic mass is 16.6. The van der Waals surface area contributed by atoms with Crippen molar-refractivity contribution in [2.24, 2.45) is 0 Å². The first-order valence-corrected chi connectivity index (χ1v) is 9.28. The molecule has 0 N–H and O–H groups in total. The molecule has 3 heterocycles. The van der Waals surface area contributed by atoms with E-state index in [1.54, 1.807) is 39.2 Å². The Bertz CT molecular complexity index is 850. The number of ether oxygens (including phenoxy) is 1. The SMILES string of the molecule is CC(C)(C)OC(=O)N1CCN(C(C)(C)c2cc3cnccc3o2)C[C@H]1C(=O)[O-]. The summed E-state index contributed by atoms with van der Waals surface area (Å²) in [6.07, 6.45) is 2.74. The van der Waals surface area contributed by atoms with Crippen molar-refractivity contribution >= 4 is 23.0 Å².